The molecule has 0 aliphatic heterocycles. The van der Waals surface area contributed by atoms with Crippen molar-refractivity contribution in [1.82, 2.24) is 10.2 Å². The van der Waals surface area contributed by atoms with Crippen LogP contribution in [0.4, 0.5) is 5.13 Å². The van der Waals surface area contributed by atoms with Crippen molar-refractivity contribution >= 4 is 34.0 Å². The largest absolute Gasteiger partial charge is 0.300 e. The predicted molar refractivity (Wildman–Crippen MR) is 94.1 cm³/mol. The lowest BCUT2D eigenvalue weighted by Crippen LogP contribution is -2.42. The third-order valence-electron chi connectivity index (χ3n) is 4.51. The van der Waals surface area contributed by atoms with Gasteiger partial charge >= 0.3 is 0 Å². The summed E-state index contributed by atoms with van der Waals surface area (Å²) in [5.74, 6) is 0.0123. The first-order chi connectivity index (χ1) is 11.1. The van der Waals surface area contributed by atoms with Gasteiger partial charge < -0.3 is 0 Å². The summed E-state index contributed by atoms with van der Waals surface area (Å²) in [5, 5.41) is 13.3. The Kier molecular flexibility index (Phi) is 4.97. The van der Waals surface area contributed by atoms with Crippen LogP contribution in [0.25, 0.3) is 0 Å². The second-order valence-electron chi connectivity index (χ2n) is 5.96. The van der Waals surface area contributed by atoms with E-state index in [0.717, 1.165) is 42.7 Å². The second-order valence-corrected chi connectivity index (χ2v) is 7.46. The van der Waals surface area contributed by atoms with E-state index in [1.165, 1.54) is 17.8 Å². The molecule has 3 rings (SSSR count). The fourth-order valence-electron chi connectivity index (χ4n) is 3.25. The van der Waals surface area contributed by atoms with Gasteiger partial charge in [0, 0.05) is 5.02 Å². The monoisotopic (exact) mass is 349 g/mol. The lowest BCUT2D eigenvalue weighted by Gasteiger charge is -2.36. The first-order valence-corrected chi connectivity index (χ1v) is 9.23. The van der Waals surface area contributed by atoms with Crippen molar-refractivity contribution in [1.29, 1.82) is 0 Å². The number of anilines is 1. The minimum absolute atomic E-state index is 0.0123. The molecule has 1 N–H and O–H groups in total. The van der Waals surface area contributed by atoms with Crippen LogP contribution in [0.3, 0.4) is 0 Å². The SMILES string of the molecule is CCc1nnc(NC(=O)C2(c3cccc(Cl)c3)CCCCC2)s1. The van der Waals surface area contributed by atoms with Crippen molar-refractivity contribution < 1.29 is 4.79 Å². The van der Waals surface area contributed by atoms with Gasteiger partial charge in [-0.2, -0.15) is 0 Å². The molecule has 1 heterocycles. The van der Waals surface area contributed by atoms with Crippen LogP contribution in [0.2, 0.25) is 5.02 Å². The Hall–Kier alpha value is -1.46. The van der Waals surface area contributed by atoms with Gasteiger partial charge in [0.2, 0.25) is 11.0 Å². The van der Waals surface area contributed by atoms with Crippen molar-refractivity contribution in [2.24, 2.45) is 0 Å². The van der Waals surface area contributed by atoms with Crippen LogP contribution in [0.15, 0.2) is 24.3 Å². The predicted octanol–water partition coefficient (Wildman–Crippen LogP) is 4.59. The Morgan fingerprint density at radius 1 is 1.30 bits per heavy atom. The maximum atomic E-state index is 13.1. The Labute approximate surface area is 145 Å². The Bertz CT molecular complexity index is 695. The molecule has 1 aliphatic rings. The molecule has 2 aromatic rings. The summed E-state index contributed by atoms with van der Waals surface area (Å²) >= 11 is 7.60. The molecule has 0 saturated heterocycles. The van der Waals surface area contributed by atoms with E-state index in [9.17, 15) is 4.79 Å². The number of nitrogens with zero attached hydrogens (tertiary/aromatic N) is 2. The minimum atomic E-state index is -0.513. The summed E-state index contributed by atoms with van der Waals surface area (Å²) in [6, 6.07) is 7.69. The van der Waals surface area contributed by atoms with E-state index in [0.29, 0.717) is 10.2 Å². The van der Waals surface area contributed by atoms with Crippen LogP contribution in [0.1, 0.15) is 49.6 Å². The molecule has 1 aromatic carbocycles. The molecule has 1 aromatic heterocycles. The Morgan fingerprint density at radius 3 is 2.74 bits per heavy atom. The Morgan fingerprint density at radius 2 is 2.09 bits per heavy atom. The Balaban J connectivity index is 1.90. The number of carbonyl (C=O) groups excluding carboxylic acids is 1. The van der Waals surface area contributed by atoms with Gasteiger partial charge in [-0.3, -0.25) is 10.1 Å². The fraction of sp³-hybridized carbons (Fsp3) is 0.471. The van der Waals surface area contributed by atoms with Gasteiger partial charge in [-0.25, -0.2) is 0 Å². The van der Waals surface area contributed by atoms with E-state index in [-0.39, 0.29) is 5.91 Å². The molecule has 23 heavy (non-hydrogen) atoms. The van der Waals surface area contributed by atoms with Crippen molar-refractivity contribution in [3.63, 3.8) is 0 Å². The average Bonchev–Trinajstić information content (AvgIpc) is 3.03. The van der Waals surface area contributed by atoms with E-state index in [2.05, 4.69) is 15.5 Å². The highest BCUT2D eigenvalue weighted by molar-refractivity contribution is 7.15. The van der Waals surface area contributed by atoms with Gasteiger partial charge in [-0.05, 0) is 37.0 Å². The van der Waals surface area contributed by atoms with Gasteiger partial charge in [-0.1, -0.05) is 61.3 Å². The molecular formula is C17H20ClN3OS. The lowest BCUT2D eigenvalue weighted by atomic mass is 9.69. The molecule has 1 fully saturated rings. The number of aryl methyl sites for hydroxylation is 1. The van der Waals surface area contributed by atoms with Crippen LogP contribution < -0.4 is 5.32 Å². The molecular weight excluding hydrogens is 330 g/mol. The number of benzene rings is 1. The van der Waals surface area contributed by atoms with E-state index < -0.39 is 5.41 Å². The van der Waals surface area contributed by atoms with Gasteiger partial charge in [-0.15, -0.1) is 10.2 Å². The van der Waals surface area contributed by atoms with Crippen LogP contribution in [0, 0.1) is 0 Å². The molecule has 0 unspecified atom stereocenters. The molecule has 0 atom stereocenters. The zero-order valence-corrected chi connectivity index (χ0v) is 14.7. The first kappa shape index (κ1) is 16.4. The number of carbonyl (C=O) groups is 1. The molecule has 1 saturated carbocycles. The fourth-order valence-corrected chi connectivity index (χ4v) is 4.12. The highest BCUT2D eigenvalue weighted by atomic mass is 35.5. The number of amides is 1. The van der Waals surface area contributed by atoms with Crippen molar-refractivity contribution in [2.75, 3.05) is 5.32 Å². The van der Waals surface area contributed by atoms with Crippen LogP contribution in [-0.4, -0.2) is 16.1 Å². The smallest absolute Gasteiger partial charge is 0.236 e. The maximum absolute atomic E-state index is 13.1. The maximum Gasteiger partial charge on any atom is 0.236 e. The highest BCUT2D eigenvalue weighted by Crippen LogP contribution is 2.41. The molecule has 1 aliphatic carbocycles. The molecule has 1 amide bonds. The summed E-state index contributed by atoms with van der Waals surface area (Å²) in [6.07, 6.45) is 5.80. The summed E-state index contributed by atoms with van der Waals surface area (Å²) in [5.41, 5.74) is 0.490. The topological polar surface area (TPSA) is 54.9 Å². The van der Waals surface area contributed by atoms with Gasteiger partial charge in [0.15, 0.2) is 0 Å². The summed E-state index contributed by atoms with van der Waals surface area (Å²) in [4.78, 5) is 13.1. The third kappa shape index (κ3) is 3.40. The number of hydrogen-bond donors (Lipinski definition) is 1. The van der Waals surface area contributed by atoms with Crippen LogP contribution in [-0.2, 0) is 16.6 Å². The molecule has 6 heteroatoms. The van der Waals surface area contributed by atoms with E-state index in [1.54, 1.807) is 0 Å². The number of hydrogen-bond acceptors (Lipinski definition) is 4. The summed E-state index contributed by atoms with van der Waals surface area (Å²) < 4.78 is 0. The van der Waals surface area contributed by atoms with Crippen LogP contribution >= 0.6 is 22.9 Å². The molecule has 4 nitrogen and oxygen atoms in total. The van der Waals surface area contributed by atoms with Gasteiger partial charge in [0.05, 0.1) is 5.41 Å². The van der Waals surface area contributed by atoms with Crippen molar-refractivity contribution in [2.45, 2.75) is 50.9 Å². The third-order valence-corrected chi connectivity index (χ3v) is 5.73. The van der Waals surface area contributed by atoms with E-state index in [4.69, 9.17) is 11.6 Å². The molecule has 0 spiro atoms. The first-order valence-electron chi connectivity index (χ1n) is 8.04. The average molecular weight is 350 g/mol. The highest BCUT2D eigenvalue weighted by Gasteiger charge is 2.41. The molecule has 122 valence electrons. The van der Waals surface area contributed by atoms with E-state index >= 15 is 0 Å². The lowest BCUT2D eigenvalue weighted by molar-refractivity contribution is -0.122. The van der Waals surface area contributed by atoms with Crippen molar-refractivity contribution in [3.05, 3.63) is 39.9 Å². The zero-order valence-electron chi connectivity index (χ0n) is 13.1. The summed E-state index contributed by atoms with van der Waals surface area (Å²) in [6.45, 7) is 2.03. The van der Waals surface area contributed by atoms with Crippen molar-refractivity contribution in [3.8, 4) is 0 Å². The number of nitrogens with one attached hydrogen (secondary N) is 1. The molecule has 0 bridgehead atoms. The summed E-state index contributed by atoms with van der Waals surface area (Å²) in [7, 11) is 0. The zero-order chi connectivity index (χ0) is 16.3. The standard InChI is InChI=1S/C17H20ClN3OS/c1-2-14-20-21-16(23-14)19-15(22)17(9-4-3-5-10-17)12-7-6-8-13(18)11-12/h6-8,11H,2-5,9-10H2,1H3,(H,19,21,22). The molecule has 0 radical (unpaired) electrons. The minimum Gasteiger partial charge on any atom is -0.300 e. The van der Waals surface area contributed by atoms with E-state index in [1.807, 2.05) is 31.2 Å². The quantitative estimate of drug-likeness (QED) is 0.877. The number of halogens is 1. The number of rotatable bonds is 4. The van der Waals surface area contributed by atoms with Gasteiger partial charge in [0.25, 0.3) is 0 Å². The second kappa shape index (κ2) is 6.97. The van der Waals surface area contributed by atoms with Gasteiger partial charge in [0.1, 0.15) is 5.01 Å². The number of aromatic nitrogens is 2. The normalized spacial score (nSPS) is 17.0. The van der Waals surface area contributed by atoms with Crippen LogP contribution in [0.5, 0.6) is 0 Å².